The highest BCUT2D eigenvalue weighted by molar-refractivity contribution is 4.63. The Bertz CT molecular complexity index is 113. The standard InChI is InChI=1S/C10H25N3/c1-10(9-13(4)5)11-7-6-8-12(2)3/h10-11H,6-9H2,1-5H3. The average Bonchev–Trinajstić information content (AvgIpc) is 1.96. The molecule has 80 valence electrons. The minimum atomic E-state index is 0.595. The molecule has 13 heavy (non-hydrogen) atoms. The van der Waals surface area contributed by atoms with Gasteiger partial charge in [0.1, 0.15) is 0 Å². The summed E-state index contributed by atoms with van der Waals surface area (Å²) in [5.41, 5.74) is 0. The van der Waals surface area contributed by atoms with Gasteiger partial charge in [-0.1, -0.05) is 0 Å². The van der Waals surface area contributed by atoms with Crippen LogP contribution in [0.1, 0.15) is 13.3 Å². The first-order chi connectivity index (χ1) is 6.02. The Morgan fingerprint density at radius 2 is 1.69 bits per heavy atom. The van der Waals surface area contributed by atoms with Crippen LogP contribution in [0.3, 0.4) is 0 Å². The molecule has 0 saturated carbocycles. The Morgan fingerprint density at radius 1 is 1.08 bits per heavy atom. The van der Waals surface area contributed by atoms with Crippen molar-refractivity contribution in [2.24, 2.45) is 0 Å². The maximum atomic E-state index is 3.50. The fourth-order valence-electron chi connectivity index (χ4n) is 1.36. The molecule has 1 atom stereocenters. The molecule has 0 rings (SSSR count). The van der Waals surface area contributed by atoms with Gasteiger partial charge in [-0.2, -0.15) is 0 Å². The molecule has 0 aromatic rings. The molecule has 0 radical (unpaired) electrons. The lowest BCUT2D eigenvalue weighted by molar-refractivity contribution is 0.339. The first kappa shape index (κ1) is 12.9. The molecule has 3 nitrogen and oxygen atoms in total. The normalized spacial score (nSPS) is 14.1. The third-order valence-electron chi connectivity index (χ3n) is 1.91. The molecule has 0 saturated heterocycles. The fourth-order valence-corrected chi connectivity index (χ4v) is 1.36. The van der Waals surface area contributed by atoms with Gasteiger partial charge < -0.3 is 15.1 Å². The lowest BCUT2D eigenvalue weighted by Crippen LogP contribution is -2.36. The van der Waals surface area contributed by atoms with Crippen molar-refractivity contribution in [3.63, 3.8) is 0 Å². The predicted octanol–water partition coefficient (Wildman–Crippen LogP) is 0.478. The number of nitrogens with one attached hydrogen (secondary N) is 1. The molecule has 3 heteroatoms. The minimum Gasteiger partial charge on any atom is -0.313 e. The summed E-state index contributed by atoms with van der Waals surface area (Å²) in [6, 6.07) is 0.595. The summed E-state index contributed by atoms with van der Waals surface area (Å²) in [6.45, 7) is 5.63. The van der Waals surface area contributed by atoms with Crippen LogP contribution in [0.5, 0.6) is 0 Å². The highest BCUT2D eigenvalue weighted by Crippen LogP contribution is 1.86. The van der Waals surface area contributed by atoms with Gasteiger partial charge in [0.05, 0.1) is 0 Å². The molecule has 0 amide bonds. The Balaban J connectivity index is 3.22. The summed E-state index contributed by atoms with van der Waals surface area (Å²) in [4.78, 5) is 4.43. The molecule has 0 aliphatic rings. The first-order valence-corrected chi connectivity index (χ1v) is 5.05. The summed E-state index contributed by atoms with van der Waals surface area (Å²) in [7, 11) is 8.45. The van der Waals surface area contributed by atoms with Gasteiger partial charge >= 0.3 is 0 Å². The molecule has 1 N–H and O–H groups in total. The molecule has 0 aliphatic heterocycles. The van der Waals surface area contributed by atoms with Crippen LogP contribution >= 0.6 is 0 Å². The molecule has 0 bridgehead atoms. The molecular weight excluding hydrogens is 162 g/mol. The lowest BCUT2D eigenvalue weighted by Gasteiger charge is -2.18. The van der Waals surface area contributed by atoms with Crippen molar-refractivity contribution in [3.05, 3.63) is 0 Å². The van der Waals surface area contributed by atoms with Crippen molar-refractivity contribution in [1.82, 2.24) is 15.1 Å². The summed E-state index contributed by atoms with van der Waals surface area (Å²) in [5, 5.41) is 3.50. The van der Waals surface area contributed by atoms with Gasteiger partial charge in [0.25, 0.3) is 0 Å². The van der Waals surface area contributed by atoms with Crippen molar-refractivity contribution in [2.45, 2.75) is 19.4 Å². The molecule has 0 aliphatic carbocycles. The van der Waals surface area contributed by atoms with Gasteiger partial charge in [-0.05, 0) is 54.6 Å². The maximum Gasteiger partial charge on any atom is 0.0166 e. The van der Waals surface area contributed by atoms with E-state index in [1.54, 1.807) is 0 Å². The van der Waals surface area contributed by atoms with Gasteiger partial charge in [0, 0.05) is 12.6 Å². The molecule has 0 aromatic carbocycles. The van der Waals surface area contributed by atoms with E-state index >= 15 is 0 Å². The van der Waals surface area contributed by atoms with Crippen LogP contribution in [0, 0.1) is 0 Å². The second kappa shape index (κ2) is 7.30. The second-order valence-electron chi connectivity index (χ2n) is 4.27. The summed E-state index contributed by atoms with van der Waals surface area (Å²) >= 11 is 0. The summed E-state index contributed by atoms with van der Waals surface area (Å²) in [6.07, 6.45) is 1.23. The van der Waals surface area contributed by atoms with Crippen LogP contribution in [0.25, 0.3) is 0 Å². The van der Waals surface area contributed by atoms with Crippen molar-refractivity contribution in [2.75, 3.05) is 47.8 Å². The van der Waals surface area contributed by atoms with Crippen molar-refractivity contribution in [3.8, 4) is 0 Å². The molecular formula is C10H25N3. The smallest absolute Gasteiger partial charge is 0.0166 e. The van der Waals surface area contributed by atoms with E-state index in [4.69, 9.17) is 0 Å². The summed E-state index contributed by atoms with van der Waals surface area (Å²) in [5.74, 6) is 0. The summed E-state index contributed by atoms with van der Waals surface area (Å²) < 4.78 is 0. The zero-order chi connectivity index (χ0) is 10.3. The Morgan fingerprint density at radius 3 is 2.15 bits per heavy atom. The quantitative estimate of drug-likeness (QED) is 0.585. The molecule has 0 aromatic heterocycles. The Labute approximate surface area is 83.1 Å². The molecule has 0 spiro atoms. The van der Waals surface area contributed by atoms with Crippen LogP contribution in [-0.2, 0) is 0 Å². The van der Waals surface area contributed by atoms with E-state index in [-0.39, 0.29) is 0 Å². The van der Waals surface area contributed by atoms with Crippen LogP contribution in [0.4, 0.5) is 0 Å². The van der Waals surface area contributed by atoms with Gasteiger partial charge in [-0.15, -0.1) is 0 Å². The van der Waals surface area contributed by atoms with E-state index in [0.717, 1.165) is 13.1 Å². The molecule has 0 heterocycles. The van der Waals surface area contributed by atoms with E-state index < -0.39 is 0 Å². The SMILES string of the molecule is CC(CN(C)C)NCCCN(C)C. The lowest BCUT2D eigenvalue weighted by atomic mass is 10.3. The first-order valence-electron chi connectivity index (χ1n) is 5.05. The highest BCUT2D eigenvalue weighted by Gasteiger charge is 2.01. The number of rotatable bonds is 7. The number of hydrogen-bond acceptors (Lipinski definition) is 3. The van der Waals surface area contributed by atoms with Crippen LogP contribution < -0.4 is 5.32 Å². The van der Waals surface area contributed by atoms with E-state index in [9.17, 15) is 0 Å². The van der Waals surface area contributed by atoms with E-state index in [1.807, 2.05) is 0 Å². The van der Waals surface area contributed by atoms with Crippen LogP contribution in [0.2, 0.25) is 0 Å². The van der Waals surface area contributed by atoms with Crippen molar-refractivity contribution < 1.29 is 0 Å². The van der Waals surface area contributed by atoms with Crippen LogP contribution in [0.15, 0.2) is 0 Å². The van der Waals surface area contributed by atoms with Crippen molar-refractivity contribution >= 4 is 0 Å². The Kier molecular flexibility index (Phi) is 7.23. The third kappa shape index (κ3) is 9.80. The van der Waals surface area contributed by atoms with Gasteiger partial charge in [0.15, 0.2) is 0 Å². The third-order valence-corrected chi connectivity index (χ3v) is 1.91. The topological polar surface area (TPSA) is 18.5 Å². The maximum absolute atomic E-state index is 3.50. The van der Waals surface area contributed by atoms with E-state index in [0.29, 0.717) is 6.04 Å². The Hall–Kier alpha value is -0.120. The van der Waals surface area contributed by atoms with Gasteiger partial charge in [0.2, 0.25) is 0 Å². The van der Waals surface area contributed by atoms with Gasteiger partial charge in [-0.25, -0.2) is 0 Å². The van der Waals surface area contributed by atoms with E-state index in [2.05, 4.69) is 50.2 Å². The largest absolute Gasteiger partial charge is 0.313 e. The van der Waals surface area contributed by atoms with Crippen molar-refractivity contribution in [1.29, 1.82) is 0 Å². The van der Waals surface area contributed by atoms with Crippen LogP contribution in [-0.4, -0.2) is 63.7 Å². The average molecular weight is 187 g/mol. The fraction of sp³-hybridized carbons (Fsp3) is 1.00. The second-order valence-corrected chi connectivity index (χ2v) is 4.27. The zero-order valence-corrected chi connectivity index (χ0v) is 9.80. The predicted molar refractivity (Wildman–Crippen MR) is 59.2 cm³/mol. The zero-order valence-electron chi connectivity index (χ0n) is 9.80. The van der Waals surface area contributed by atoms with Gasteiger partial charge in [-0.3, -0.25) is 0 Å². The van der Waals surface area contributed by atoms with E-state index in [1.165, 1.54) is 13.0 Å². The monoisotopic (exact) mass is 187 g/mol. The number of hydrogen-bond donors (Lipinski definition) is 1. The molecule has 0 fully saturated rings. The minimum absolute atomic E-state index is 0.595. The highest BCUT2D eigenvalue weighted by atomic mass is 15.1. The molecule has 1 unspecified atom stereocenters. The number of nitrogens with zero attached hydrogens (tertiary/aromatic N) is 2. The number of likely N-dealkylation sites (N-methyl/N-ethyl adjacent to an activating group) is 1.